The van der Waals surface area contributed by atoms with Gasteiger partial charge in [-0.3, -0.25) is 4.79 Å². The third kappa shape index (κ3) is 6.58. The number of nitrogens with one attached hydrogen (secondary N) is 1. The van der Waals surface area contributed by atoms with Gasteiger partial charge in [0.1, 0.15) is 5.49 Å². The van der Waals surface area contributed by atoms with E-state index in [0.29, 0.717) is 18.5 Å². The minimum absolute atomic E-state index is 0.494. The molecule has 0 aromatic heterocycles. The summed E-state index contributed by atoms with van der Waals surface area (Å²) in [7, 11) is -2.39. The van der Waals surface area contributed by atoms with E-state index in [4.69, 9.17) is 11.5 Å². The summed E-state index contributed by atoms with van der Waals surface area (Å²) in [6.45, 7) is 0.561. The second kappa shape index (κ2) is 7.48. The van der Waals surface area contributed by atoms with Gasteiger partial charge in [0.2, 0.25) is 16.2 Å². The molecule has 0 rings (SSSR count). The maximum absolute atomic E-state index is 11.1. The van der Waals surface area contributed by atoms with Crippen molar-refractivity contribution in [3.05, 3.63) is 0 Å². The zero-order valence-corrected chi connectivity index (χ0v) is 8.59. The zero-order valence-electron chi connectivity index (χ0n) is 7.77. The summed E-state index contributed by atoms with van der Waals surface area (Å²) in [6.07, 6.45) is 2.06. The first-order chi connectivity index (χ1) is 6.57. The molecule has 5 N–H and O–H groups in total. The number of carbonyl (C=O) groups excluding carboxylic acids is 1. The number of unbranched alkanes of at least 4 members (excludes halogenated alkanes) is 1. The van der Waals surface area contributed by atoms with Crippen molar-refractivity contribution in [3.8, 4) is 0 Å². The third-order valence-corrected chi connectivity index (χ3v) is 1.91. The van der Waals surface area contributed by atoms with Gasteiger partial charge in [0.05, 0.1) is 6.04 Å². The molecule has 7 heteroatoms. The molecular formula is C7H15N3O3S. The van der Waals surface area contributed by atoms with Gasteiger partial charge in [0.15, 0.2) is 0 Å². The first-order valence-electron chi connectivity index (χ1n) is 4.25. The molecule has 0 spiro atoms. The molecule has 0 saturated carbocycles. The molecule has 0 bridgehead atoms. The Morgan fingerprint density at radius 2 is 2.07 bits per heavy atom. The van der Waals surface area contributed by atoms with E-state index in [0.717, 1.165) is 12.8 Å². The molecule has 1 atom stereocenters. The van der Waals surface area contributed by atoms with Crippen molar-refractivity contribution in [1.29, 1.82) is 0 Å². The monoisotopic (exact) mass is 221 g/mol. The number of hydrogen-bond acceptors (Lipinski definition) is 5. The molecule has 6 nitrogen and oxygen atoms in total. The smallest absolute Gasteiger partial charge is 0.241 e. The molecule has 0 aliphatic heterocycles. The van der Waals surface area contributed by atoms with Gasteiger partial charge >= 0.3 is 0 Å². The van der Waals surface area contributed by atoms with E-state index in [1.165, 1.54) is 0 Å². The van der Waals surface area contributed by atoms with Gasteiger partial charge in [-0.05, 0) is 19.4 Å². The molecule has 0 aliphatic carbocycles. The lowest BCUT2D eigenvalue weighted by molar-refractivity contribution is -0.120. The minimum atomic E-state index is -2.39. The third-order valence-electron chi connectivity index (χ3n) is 1.60. The van der Waals surface area contributed by atoms with E-state index < -0.39 is 22.2 Å². The topological polar surface area (TPSA) is 115 Å². The fourth-order valence-electron chi connectivity index (χ4n) is 0.853. The van der Waals surface area contributed by atoms with E-state index in [2.05, 4.69) is 5.32 Å². The van der Waals surface area contributed by atoms with Crippen molar-refractivity contribution in [2.24, 2.45) is 11.5 Å². The second-order valence-corrected chi connectivity index (χ2v) is 3.53. The molecule has 0 aromatic rings. The summed E-state index contributed by atoms with van der Waals surface area (Å²) in [5, 5.41) is 2.08. The van der Waals surface area contributed by atoms with Gasteiger partial charge in [0, 0.05) is 0 Å². The SMILES string of the molecule is NCCCC[C@H](N)C(=O)NC=S(=O)=O. The Morgan fingerprint density at radius 1 is 1.43 bits per heavy atom. The Balaban J connectivity index is 3.82. The van der Waals surface area contributed by atoms with Crippen LogP contribution in [0.25, 0.3) is 0 Å². The Bertz CT molecular complexity index is 291. The maximum Gasteiger partial charge on any atom is 0.241 e. The Labute approximate surface area is 84.2 Å². The van der Waals surface area contributed by atoms with Crippen molar-refractivity contribution in [2.75, 3.05) is 6.54 Å². The fraction of sp³-hybridized carbons (Fsp3) is 0.714. The van der Waals surface area contributed by atoms with E-state index in [-0.39, 0.29) is 0 Å². The number of rotatable bonds is 6. The van der Waals surface area contributed by atoms with Crippen LogP contribution in [-0.2, 0) is 15.1 Å². The van der Waals surface area contributed by atoms with Crippen LogP contribution in [0, 0.1) is 0 Å². The predicted molar refractivity (Wildman–Crippen MR) is 54.0 cm³/mol. The lowest BCUT2D eigenvalue weighted by Crippen LogP contribution is -2.40. The van der Waals surface area contributed by atoms with Gasteiger partial charge in [-0.2, -0.15) is 8.42 Å². The molecule has 0 heterocycles. The van der Waals surface area contributed by atoms with Gasteiger partial charge in [-0.25, -0.2) is 0 Å². The number of amides is 1. The summed E-state index contributed by atoms with van der Waals surface area (Å²) < 4.78 is 20.1. The fourth-order valence-corrected chi connectivity index (χ4v) is 1.07. The van der Waals surface area contributed by atoms with Gasteiger partial charge < -0.3 is 16.8 Å². The van der Waals surface area contributed by atoms with Crippen LogP contribution >= 0.6 is 0 Å². The molecule has 82 valence electrons. The Kier molecular flexibility index (Phi) is 6.99. The summed E-state index contributed by atoms with van der Waals surface area (Å²) in [5.74, 6) is -0.494. The van der Waals surface area contributed by atoms with Crippen LogP contribution in [-0.4, -0.2) is 32.4 Å². The lowest BCUT2D eigenvalue weighted by atomic mass is 10.1. The summed E-state index contributed by atoms with van der Waals surface area (Å²) in [4.78, 5) is 11.1. The van der Waals surface area contributed by atoms with Crippen LogP contribution in [0.15, 0.2) is 0 Å². The highest BCUT2D eigenvalue weighted by molar-refractivity contribution is 7.71. The number of nitrogens with two attached hydrogens (primary N) is 2. The van der Waals surface area contributed by atoms with Crippen molar-refractivity contribution in [2.45, 2.75) is 25.3 Å². The van der Waals surface area contributed by atoms with Crippen LogP contribution < -0.4 is 16.8 Å². The quantitative estimate of drug-likeness (QED) is 0.361. The largest absolute Gasteiger partial charge is 0.330 e. The number of hydrogen-bond donors (Lipinski definition) is 3. The Morgan fingerprint density at radius 3 is 2.57 bits per heavy atom. The first-order valence-corrected chi connectivity index (χ1v) is 5.39. The lowest BCUT2D eigenvalue weighted by Gasteiger charge is -2.08. The molecule has 0 aromatic carbocycles. The molecule has 0 saturated heterocycles. The number of carbonyl (C=O) groups is 1. The molecule has 0 radical (unpaired) electrons. The van der Waals surface area contributed by atoms with Gasteiger partial charge in [-0.15, -0.1) is 0 Å². The first kappa shape index (κ1) is 13.1. The van der Waals surface area contributed by atoms with Crippen molar-refractivity contribution < 1.29 is 13.2 Å². The predicted octanol–water partition coefficient (Wildman–Crippen LogP) is -1.80. The van der Waals surface area contributed by atoms with Crippen molar-refractivity contribution in [3.63, 3.8) is 0 Å². The van der Waals surface area contributed by atoms with Crippen LogP contribution in [0.1, 0.15) is 19.3 Å². The highest BCUT2D eigenvalue weighted by Gasteiger charge is 2.10. The molecular weight excluding hydrogens is 206 g/mol. The second-order valence-electron chi connectivity index (χ2n) is 2.78. The van der Waals surface area contributed by atoms with Crippen molar-refractivity contribution >= 4 is 21.7 Å². The minimum Gasteiger partial charge on any atom is -0.330 e. The van der Waals surface area contributed by atoms with Crippen LogP contribution in [0.2, 0.25) is 0 Å². The summed E-state index contributed by atoms with van der Waals surface area (Å²) in [5.41, 5.74) is 11.4. The summed E-state index contributed by atoms with van der Waals surface area (Å²) >= 11 is 0. The molecule has 14 heavy (non-hydrogen) atoms. The molecule has 1 amide bonds. The summed E-state index contributed by atoms with van der Waals surface area (Å²) in [6, 6.07) is -0.679. The normalized spacial score (nSPS) is 11.9. The highest BCUT2D eigenvalue weighted by atomic mass is 32.2. The van der Waals surface area contributed by atoms with Crippen molar-refractivity contribution in [1.82, 2.24) is 5.32 Å². The Hall–Kier alpha value is -0.920. The van der Waals surface area contributed by atoms with E-state index in [9.17, 15) is 13.2 Å². The van der Waals surface area contributed by atoms with E-state index >= 15 is 0 Å². The van der Waals surface area contributed by atoms with Crippen LogP contribution in [0.4, 0.5) is 0 Å². The zero-order chi connectivity index (χ0) is 11.0. The van der Waals surface area contributed by atoms with Crippen LogP contribution in [0.5, 0.6) is 0 Å². The molecule has 0 fully saturated rings. The van der Waals surface area contributed by atoms with Gasteiger partial charge in [-0.1, -0.05) is 6.42 Å². The van der Waals surface area contributed by atoms with Crippen LogP contribution in [0.3, 0.4) is 0 Å². The standard InChI is InChI=1S/C7H15N3O3S/c8-4-2-1-3-6(9)7(11)10-5-14(12)13/h5-6H,1-4,8-9H2,(H,10,11)/t6-/m0/s1. The molecule has 0 aliphatic rings. The van der Waals surface area contributed by atoms with E-state index in [1.54, 1.807) is 0 Å². The molecule has 0 unspecified atom stereocenters. The highest BCUT2D eigenvalue weighted by Crippen LogP contribution is 1.97. The van der Waals surface area contributed by atoms with Gasteiger partial charge in [0.25, 0.3) is 0 Å². The van der Waals surface area contributed by atoms with E-state index in [1.807, 2.05) is 0 Å². The average Bonchev–Trinajstić information content (AvgIpc) is 2.14. The average molecular weight is 221 g/mol. The maximum atomic E-state index is 11.1.